The van der Waals surface area contributed by atoms with Crippen LogP contribution in [-0.4, -0.2) is 60.8 Å². The Balaban J connectivity index is 1.16. The molecule has 2 aromatic carbocycles. The van der Waals surface area contributed by atoms with Crippen molar-refractivity contribution in [1.29, 1.82) is 0 Å². The number of nitrogens with zero attached hydrogens (tertiary/aromatic N) is 2. The molecule has 2 saturated heterocycles. The van der Waals surface area contributed by atoms with Crippen molar-refractivity contribution in [3.63, 3.8) is 0 Å². The quantitative estimate of drug-likeness (QED) is 0.597. The number of nitrogens with one attached hydrogen (secondary N) is 1. The molecule has 0 radical (unpaired) electrons. The Morgan fingerprint density at radius 1 is 1.03 bits per heavy atom. The van der Waals surface area contributed by atoms with Crippen molar-refractivity contribution < 1.29 is 32.2 Å². The van der Waals surface area contributed by atoms with E-state index in [0.29, 0.717) is 29.8 Å². The maximum atomic E-state index is 13.7. The number of rotatable bonds is 5. The first kappa shape index (κ1) is 25.4. The van der Waals surface area contributed by atoms with Gasteiger partial charge in [0.15, 0.2) is 11.6 Å². The molecule has 3 amide bonds. The van der Waals surface area contributed by atoms with E-state index >= 15 is 0 Å². The van der Waals surface area contributed by atoms with E-state index in [-0.39, 0.29) is 18.5 Å². The second-order valence-corrected chi connectivity index (χ2v) is 9.96. The van der Waals surface area contributed by atoms with Gasteiger partial charge in [0, 0.05) is 31.2 Å². The number of cyclic esters (lactones) is 1. The molecule has 3 fully saturated rings. The van der Waals surface area contributed by atoms with Crippen LogP contribution in [0.1, 0.15) is 55.2 Å². The second kappa shape index (κ2) is 10.6. The lowest BCUT2D eigenvalue weighted by molar-refractivity contribution is 0.155. The molecule has 7 nitrogen and oxygen atoms in total. The summed E-state index contributed by atoms with van der Waals surface area (Å²) >= 11 is 0. The highest BCUT2D eigenvalue weighted by atomic mass is 19.2. The van der Waals surface area contributed by atoms with Gasteiger partial charge in [0.25, 0.3) is 0 Å². The standard InChI is InChI=1S/C27H30F3N3O4/c1-36-25-13-18(28)5-8-21(25)16-2-6-20(7-3-16)32-11-10-19(14-32)31-26(34)33-24(15-37-27(33)35)17-4-9-22(29)23(30)12-17/h4-5,8-9,12-13,16,19-20,24H,2-3,6-7,10-11,14-15H2,1H3,(H,31,34)/t16?,19-,20?,24-/m1/s1. The Bertz CT molecular complexity index is 1170. The molecular formula is C27H30F3N3O4. The number of urea groups is 1. The Morgan fingerprint density at radius 2 is 1.81 bits per heavy atom. The van der Waals surface area contributed by atoms with Crippen LogP contribution >= 0.6 is 0 Å². The van der Waals surface area contributed by atoms with Gasteiger partial charge in [-0.25, -0.2) is 27.7 Å². The van der Waals surface area contributed by atoms with E-state index in [2.05, 4.69) is 10.2 Å². The van der Waals surface area contributed by atoms with Crippen LogP contribution in [-0.2, 0) is 4.74 Å². The summed E-state index contributed by atoms with van der Waals surface area (Å²) in [7, 11) is 1.56. The van der Waals surface area contributed by atoms with Gasteiger partial charge in [-0.05, 0) is 67.3 Å². The summed E-state index contributed by atoms with van der Waals surface area (Å²) in [6.07, 6.45) is 3.85. The van der Waals surface area contributed by atoms with Crippen molar-refractivity contribution in [1.82, 2.24) is 15.1 Å². The fourth-order valence-corrected chi connectivity index (χ4v) is 5.87. The minimum atomic E-state index is -1.05. The summed E-state index contributed by atoms with van der Waals surface area (Å²) in [6.45, 7) is 1.38. The zero-order valence-corrected chi connectivity index (χ0v) is 20.6. The molecule has 1 N–H and O–H groups in total. The van der Waals surface area contributed by atoms with Gasteiger partial charge >= 0.3 is 12.1 Å². The smallest absolute Gasteiger partial charge is 0.418 e. The van der Waals surface area contributed by atoms with E-state index in [9.17, 15) is 22.8 Å². The SMILES string of the molecule is COc1cc(F)ccc1C1CCC(N2CC[C@@H](NC(=O)N3C(=O)OC[C@@H]3c3ccc(F)c(F)c3)C2)CC1. The third-order valence-corrected chi connectivity index (χ3v) is 7.82. The van der Waals surface area contributed by atoms with Crippen molar-refractivity contribution in [2.75, 3.05) is 26.8 Å². The molecule has 0 aromatic heterocycles. The molecule has 5 rings (SSSR count). The summed E-state index contributed by atoms with van der Waals surface area (Å²) in [5.74, 6) is -1.44. The molecule has 1 aliphatic carbocycles. The van der Waals surface area contributed by atoms with Crippen molar-refractivity contribution in [2.45, 2.75) is 56.1 Å². The predicted octanol–water partition coefficient (Wildman–Crippen LogP) is 5.12. The van der Waals surface area contributed by atoms with Crippen LogP contribution in [0.2, 0.25) is 0 Å². The molecule has 2 aromatic rings. The molecule has 3 aliphatic rings. The Hall–Kier alpha value is -3.27. The Labute approximate surface area is 213 Å². The van der Waals surface area contributed by atoms with Crippen molar-refractivity contribution >= 4 is 12.1 Å². The Morgan fingerprint density at radius 3 is 2.54 bits per heavy atom. The lowest BCUT2D eigenvalue weighted by atomic mass is 9.81. The van der Waals surface area contributed by atoms with E-state index in [1.54, 1.807) is 7.11 Å². The van der Waals surface area contributed by atoms with Crippen LogP contribution in [0.3, 0.4) is 0 Å². The number of imide groups is 1. The molecule has 0 spiro atoms. The minimum absolute atomic E-state index is 0.115. The lowest BCUT2D eigenvalue weighted by Crippen LogP contribution is -2.47. The number of amides is 3. The maximum Gasteiger partial charge on any atom is 0.418 e. The van der Waals surface area contributed by atoms with Crippen LogP contribution in [0.15, 0.2) is 36.4 Å². The number of methoxy groups -OCH3 is 1. The van der Waals surface area contributed by atoms with Gasteiger partial charge in [-0.2, -0.15) is 0 Å². The summed E-state index contributed by atoms with van der Waals surface area (Å²) in [4.78, 5) is 28.6. The number of carbonyl (C=O) groups is 2. The number of hydrogen-bond acceptors (Lipinski definition) is 5. The molecular weight excluding hydrogens is 487 g/mol. The van der Waals surface area contributed by atoms with E-state index in [1.807, 2.05) is 6.07 Å². The maximum absolute atomic E-state index is 13.7. The molecule has 2 atom stereocenters. The van der Waals surface area contributed by atoms with Crippen molar-refractivity contribution in [2.24, 2.45) is 0 Å². The number of hydrogen-bond donors (Lipinski definition) is 1. The van der Waals surface area contributed by atoms with E-state index in [0.717, 1.165) is 61.2 Å². The first-order valence-corrected chi connectivity index (χ1v) is 12.6. The van der Waals surface area contributed by atoms with Crippen LogP contribution < -0.4 is 10.1 Å². The number of benzene rings is 2. The predicted molar refractivity (Wildman–Crippen MR) is 129 cm³/mol. The van der Waals surface area contributed by atoms with Gasteiger partial charge in [0.2, 0.25) is 0 Å². The zero-order valence-electron chi connectivity index (χ0n) is 20.6. The largest absolute Gasteiger partial charge is 0.496 e. The highest BCUT2D eigenvalue weighted by Gasteiger charge is 2.41. The molecule has 198 valence electrons. The fourth-order valence-electron chi connectivity index (χ4n) is 5.87. The summed E-state index contributed by atoms with van der Waals surface area (Å²) in [5.41, 5.74) is 1.34. The van der Waals surface area contributed by atoms with E-state index < -0.39 is 29.8 Å². The lowest BCUT2D eigenvalue weighted by Gasteiger charge is -2.35. The highest BCUT2D eigenvalue weighted by Crippen LogP contribution is 2.39. The zero-order chi connectivity index (χ0) is 26.1. The monoisotopic (exact) mass is 517 g/mol. The van der Waals surface area contributed by atoms with Gasteiger partial charge in [-0.3, -0.25) is 4.90 Å². The van der Waals surface area contributed by atoms with Gasteiger partial charge in [-0.15, -0.1) is 0 Å². The minimum Gasteiger partial charge on any atom is -0.496 e. The van der Waals surface area contributed by atoms with Crippen LogP contribution in [0.5, 0.6) is 5.75 Å². The third kappa shape index (κ3) is 5.25. The van der Waals surface area contributed by atoms with Gasteiger partial charge in [-0.1, -0.05) is 12.1 Å². The van der Waals surface area contributed by atoms with Gasteiger partial charge < -0.3 is 14.8 Å². The third-order valence-electron chi connectivity index (χ3n) is 7.82. The molecule has 10 heteroatoms. The molecule has 1 saturated carbocycles. The first-order valence-electron chi connectivity index (χ1n) is 12.6. The molecule has 0 bridgehead atoms. The average molecular weight is 518 g/mol. The van der Waals surface area contributed by atoms with Crippen molar-refractivity contribution in [3.05, 3.63) is 65.0 Å². The number of carbonyl (C=O) groups excluding carboxylic acids is 2. The number of ether oxygens (including phenoxy) is 2. The summed E-state index contributed by atoms with van der Waals surface area (Å²) in [5, 5.41) is 2.93. The van der Waals surface area contributed by atoms with Crippen LogP contribution in [0, 0.1) is 17.5 Å². The van der Waals surface area contributed by atoms with Crippen LogP contribution in [0.25, 0.3) is 0 Å². The number of halogens is 3. The van der Waals surface area contributed by atoms with Crippen molar-refractivity contribution in [3.8, 4) is 5.75 Å². The molecule has 2 heterocycles. The molecule has 0 unspecified atom stereocenters. The average Bonchev–Trinajstić information content (AvgIpc) is 3.52. The number of likely N-dealkylation sites (tertiary alicyclic amines) is 1. The topological polar surface area (TPSA) is 71.1 Å². The molecule has 37 heavy (non-hydrogen) atoms. The van der Waals surface area contributed by atoms with Crippen LogP contribution in [0.4, 0.5) is 22.8 Å². The highest BCUT2D eigenvalue weighted by molar-refractivity contribution is 5.92. The second-order valence-electron chi connectivity index (χ2n) is 9.96. The Kier molecular flexibility index (Phi) is 7.28. The fraction of sp³-hybridized carbons (Fsp3) is 0.481. The van der Waals surface area contributed by atoms with Gasteiger partial charge in [0.05, 0.1) is 7.11 Å². The van der Waals surface area contributed by atoms with Gasteiger partial charge in [0.1, 0.15) is 24.2 Å². The normalized spacial score (nSPS) is 26.3. The molecule has 2 aliphatic heterocycles. The van der Waals surface area contributed by atoms with E-state index in [4.69, 9.17) is 9.47 Å². The summed E-state index contributed by atoms with van der Waals surface area (Å²) < 4.78 is 51.1. The summed E-state index contributed by atoms with van der Waals surface area (Å²) in [6, 6.07) is 6.86. The van der Waals surface area contributed by atoms with E-state index in [1.165, 1.54) is 18.2 Å². The first-order chi connectivity index (χ1) is 17.8.